The van der Waals surface area contributed by atoms with Crippen LogP contribution in [0.4, 0.5) is 10.5 Å². The van der Waals surface area contributed by atoms with Gasteiger partial charge in [-0.2, -0.15) is 0 Å². The first kappa shape index (κ1) is 19.7. The lowest BCUT2D eigenvalue weighted by Gasteiger charge is -2.24. The average Bonchev–Trinajstić information content (AvgIpc) is 2.62. The number of nitrogens with one attached hydrogen (secondary N) is 3. The molecule has 24 heavy (non-hydrogen) atoms. The number of carbonyl (C=O) groups is 2. The Balaban J connectivity index is 3.19. The van der Waals surface area contributed by atoms with Gasteiger partial charge in [-0.3, -0.25) is 10.3 Å². The van der Waals surface area contributed by atoms with Crippen molar-refractivity contribution in [3.63, 3.8) is 0 Å². The Hall–Kier alpha value is -2.37. The van der Waals surface area contributed by atoms with E-state index in [1.54, 1.807) is 7.05 Å². The van der Waals surface area contributed by atoms with Gasteiger partial charge in [0, 0.05) is 38.3 Å². The van der Waals surface area contributed by atoms with Crippen LogP contribution < -0.4 is 10.6 Å². The Labute approximate surface area is 144 Å². The van der Waals surface area contributed by atoms with Crippen LogP contribution in [0.5, 0.6) is 0 Å². The summed E-state index contributed by atoms with van der Waals surface area (Å²) in [6.07, 6.45) is 3.05. The third kappa shape index (κ3) is 4.57. The van der Waals surface area contributed by atoms with Crippen molar-refractivity contribution in [2.75, 3.05) is 26.0 Å². The molecule has 0 unspecified atom stereocenters. The van der Waals surface area contributed by atoms with Crippen molar-refractivity contribution >= 4 is 23.8 Å². The Bertz CT molecular complexity index is 582. The molecule has 6 heteroatoms. The molecule has 1 aromatic carbocycles. The zero-order valence-electron chi connectivity index (χ0n) is 15.0. The second kappa shape index (κ2) is 9.70. The topological polar surface area (TPSA) is 85.3 Å². The maximum Gasteiger partial charge on any atom is 0.322 e. The fourth-order valence-corrected chi connectivity index (χ4v) is 2.77. The van der Waals surface area contributed by atoms with Crippen molar-refractivity contribution in [3.8, 4) is 0 Å². The molecule has 1 aromatic rings. The van der Waals surface area contributed by atoms with E-state index in [2.05, 4.69) is 24.5 Å². The highest BCUT2D eigenvalue weighted by molar-refractivity contribution is 6.09. The van der Waals surface area contributed by atoms with Crippen LogP contribution >= 0.6 is 0 Å². The molecule has 0 saturated heterocycles. The van der Waals surface area contributed by atoms with E-state index in [4.69, 9.17) is 5.41 Å². The number of aldehydes is 1. The average molecular weight is 332 g/mol. The summed E-state index contributed by atoms with van der Waals surface area (Å²) in [5.74, 6) is 0.557. The highest BCUT2D eigenvalue weighted by Gasteiger charge is 2.21. The van der Waals surface area contributed by atoms with Gasteiger partial charge in [0.2, 0.25) is 0 Å². The van der Waals surface area contributed by atoms with Crippen molar-refractivity contribution in [1.29, 1.82) is 5.41 Å². The van der Waals surface area contributed by atoms with E-state index in [9.17, 15) is 9.59 Å². The van der Waals surface area contributed by atoms with Crippen LogP contribution in [0.1, 0.15) is 50.2 Å². The molecule has 0 heterocycles. The molecule has 3 N–H and O–H groups in total. The fourth-order valence-electron chi connectivity index (χ4n) is 2.77. The van der Waals surface area contributed by atoms with Crippen LogP contribution in [0.3, 0.4) is 0 Å². The van der Waals surface area contributed by atoms with Gasteiger partial charge in [0.15, 0.2) is 0 Å². The molecule has 0 aliphatic rings. The SMILES string of the molecule is CCC(CC)c1ccc(C(=N)N(CCC=O)C(=O)NC)c(NC)c1. The fraction of sp³-hybridized carbons (Fsp3) is 0.500. The number of nitrogens with zero attached hydrogens (tertiary/aromatic N) is 1. The van der Waals surface area contributed by atoms with E-state index in [1.165, 1.54) is 17.5 Å². The summed E-state index contributed by atoms with van der Waals surface area (Å²) >= 11 is 0. The van der Waals surface area contributed by atoms with Crippen molar-refractivity contribution < 1.29 is 9.59 Å². The number of benzene rings is 1. The number of carbonyl (C=O) groups excluding carboxylic acids is 2. The molecule has 0 bridgehead atoms. The monoisotopic (exact) mass is 332 g/mol. The summed E-state index contributed by atoms with van der Waals surface area (Å²) in [6.45, 7) is 4.51. The van der Waals surface area contributed by atoms with Crippen LogP contribution in [0.15, 0.2) is 18.2 Å². The van der Waals surface area contributed by atoms with E-state index >= 15 is 0 Å². The number of amidine groups is 1. The lowest BCUT2D eigenvalue weighted by atomic mass is 9.92. The van der Waals surface area contributed by atoms with Crippen LogP contribution in [-0.4, -0.2) is 43.7 Å². The molecule has 0 spiro atoms. The largest absolute Gasteiger partial charge is 0.388 e. The zero-order chi connectivity index (χ0) is 18.1. The summed E-state index contributed by atoms with van der Waals surface area (Å²) in [5.41, 5.74) is 2.67. The van der Waals surface area contributed by atoms with E-state index in [-0.39, 0.29) is 18.8 Å². The summed E-state index contributed by atoms with van der Waals surface area (Å²) in [5, 5.41) is 14.1. The number of urea groups is 1. The second-order valence-corrected chi connectivity index (χ2v) is 5.58. The summed E-state index contributed by atoms with van der Waals surface area (Å²) in [6, 6.07) is 5.54. The Morgan fingerprint density at radius 1 is 1.29 bits per heavy atom. The molecular weight excluding hydrogens is 304 g/mol. The molecule has 1 rings (SSSR count). The highest BCUT2D eigenvalue weighted by Crippen LogP contribution is 2.28. The van der Waals surface area contributed by atoms with Crippen molar-refractivity contribution in [2.24, 2.45) is 0 Å². The minimum absolute atomic E-state index is 0.0802. The number of hydrogen-bond donors (Lipinski definition) is 3. The quantitative estimate of drug-likeness (QED) is 0.388. The first-order chi connectivity index (χ1) is 11.5. The van der Waals surface area contributed by atoms with Gasteiger partial charge < -0.3 is 15.4 Å². The van der Waals surface area contributed by atoms with Gasteiger partial charge in [0.05, 0.1) is 0 Å². The third-order valence-electron chi connectivity index (χ3n) is 4.22. The van der Waals surface area contributed by atoms with Gasteiger partial charge in [0.1, 0.15) is 12.1 Å². The van der Waals surface area contributed by atoms with Gasteiger partial charge in [-0.15, -0.1) is 0 Å². The molecule has 0 aliphatic heterocycles. The smallest absolute Gasteiger partial charge is 0.322 e. The minimum Gasteiger partial charge on any atom is -0.388 e. The predicted octanol–water partition coefficient (Wildman–Crippen LogP) is 3.19. The molecule has 6 nitrogen and oxygen atoms in total. The van der Waals surface area contributed by atoms with Gasteiger partial charge in [-0.05, 0) is 36.5 Å². The normalized spacial score (nSPS) is 10.4. The van der Waals surface area contributed by atoms with Crippen LogP contribution in [0, 0.1) is 5.41 Å². The first-order valence-electron chi connectivity index (χ1n) is 8.37. The summed E-state index contributed by atoms with van der Waals surface area (Å²) in [7, 11) is 3.32. The highest BCUT2D eigenvalue weighted by atomic mass is 16.2. The molecular formula is C18H28N4O2. The van der Waals surface area contributed by atoms with E-state index in [1.807, 2.05) is 18.2 Å². The third-order valence-corrected chi connectivity index (χ3v) is 4.22. The van der Waals surface area contributed by atoms with E-state index in [0.29, 0.717) is 11.5 Å². The number of hydrogen-bond acceptors (Lipinski definition) is 4. The Kier molecular flexibility index (Phi) is 7.95. The van der Waals surface area contributed by atoms with Crippen LogP contribution in [0.2, 0.25) is 0 Å². The van der Waals surface area contributed by atoms with Crippen molar-refractivity contribution in [3.05, 3.63) is 29.3 Å². The zero-order valence-corrected chi connectivity index (χ0v) is 15.0. The number of rotatable bonds is 8. The van der Waals surface area contributed by atoms with E-state index in [0.717, 1.165) is 24.8 Å². The second-order valence-electron chi connectivity index (χ2n) is 5.58. The standard InChI is InChI=1S/C18H28N4O2/c1-5-13(6-2)14-8-9-15(16(12-14)20-3)17(19)22(10-7-11-23)18(24)21-4/h8-9,11-13,19-20H,5-7,10H2,1-4H3,(H,21,24). The molecule has 0 radical (unpaired) electrons. The van der Waals surface area contributed by atoms with Crippen molar-refractivity contribution in [1.82, 2.24) is 10.2 Å². The van der Waals surface area contributed by atoms with Gasteiger partial charge in [-0.1, -0.05) is 19.9 Å². The van der Waals surface area contributed by atoms with E-state index < -0.39 is 6.03 Å². The molecule has 2 amide bonds. The predicted molar refractivity (Wildman–Crippen MR) is 98.0 cm³/mol. The minimum atomic E-state index is -0.395. The maximum atomic E-state index is 12.0. The van der Waals surface area contributed by atoms with Gasteiger partial charge in [-0.25, -0.2) is 4.79 Å². The summed E-state index contributed by atoms with van der Waals surface area (Å²) < 4.78 is 0. The lowest BCUT2D eigenvalue weighted by molar-refractivity contribution is -0.107. The Morgan fingerprint density at radius 3 is 2.46 bits per heavy atom. The first-order valence-corrected chi connectivity index (χ1v) is 8.37. The van der Waals surface area contributed by atoms with Gasteiger partial charge >= 0.3 is 6.03 Å². The number of amides is 2. The molecule has 0 saturated carbocycles. The molecule has 0 aliphatic carbocycles. The Morgan fingerprint density at radius 2 is 1.96 bits per heavy atom. The van der Waals surface area contributed by atoms with Gasteiger partial charge in [0.25, 0.3) is 0 Å². The van der Waals surface area contributed by atoms with Crippen LogP contribution in [0.25, 0.3) is 0 Å². The molecule has 0 aromatic heterocycles. The molecule has 0 fully saturated rings. The van der Waals surface area contributed by atoms with Crippen LogP contribution in [-0.2, 0) is 4.79 Å². The lowest BCUT2D eigenvalue weighted by Crippen LogP contribution is -2.43. The maximum absolute atomic E-state index is 12.0. The van der Waals surface area contributed by atoms with Crippen molar-refractivity contribution in [2.45, 2.75) is 39.0 Å². The molecule has 0 atom stereocenters. The summed E-state index contributed by atoms with van der Waals surface area (Å²) in [4.78, 5) is 24.0. The number of anilines is 1. The molecule has 132 valence electrons.